The maximum absolute atomic E-state index is 12.2. The summed E-state index contributed by atoms with van der Waals surface area (Å²) in [4.78, 5) is 14.9. The van der Waals surface area contributed by atoms with Gasteiger partial charge in [-0.2, -0.15) is 0 Å². The first-order valence-electron chi connectivity index (χ1n) is 9.17. The third kappa shape index (κ3) is 4.70. The number of rotatable bonds is 7. The fourth-order valence-electron chi connectivity index (χ4n) is 4.02. The van der Waals surface area contributed by atoms with Crippen LogP contribution in [0.2, 0.25) is 0 Å². The first-order chi connectivity index (χ1) is 10.3. The summed E-state index contributed by atoms with van der Waals surface area (Å²) in [6.45, 7) is 7.44. The van der Waals surface area contributed by atoms with Crippen LogP contribution in [0.15, 0.2) is 0 Å². The largest absolute Gasteiger partial charge is 0.465 e. The highest BCUT2D eigenvalue weighted by Crippen LogP contribution is 2.31. The van der Waals surface area contributed by atoms with Crippen molar-refractivity contribution in [1.82, 2.24) is 4.90 Å². The minimum absolute atomic E-state index is 0.0545. The van der Waals surface area contributed by atoms with E-state index in [1.807, 2.05) is 0 Å². The van der Waals surface area contributed by atoms with E-state index in [0.717, 1.165) is 25.7 Å². The highest BCUT2D eigenvalue weighted by Gasteiger charge is 2.33. The summed E-state index contributed by atoms with van der Waals surface area (Å²) >= 11 is 0. The van der Waals surface area contributed by atoms with Crippen LogP contribution in [0.25, 0.3) is 0 Å². The maximum Gasteiger partial charge on any atom is 0.308 e. The molecule has 122 valence electrons. The molecule has 3 heteroatoms. The first-order valence-corrected chi connectivity index (χ1v) is 9.17. The van der Waals surface area contributed by atoms with Crippen molar-refractivity contribution < 1.29 is 9.53 Å². The molecule has 2 saturated heterocycles. The van der Waals surface area contributed by atoms with Crippen LogP contribution in [0.4, 0.5) is 0 Å². The Hall–Kier alpha value is -0.570. The van der Waals surface area contributed by atoms with E-state index in [4.69, 9.17) is 4.74 Å². The number of carbonyl (C=O) groups excluding carboxylic acids is 1. The van der Waals surface area contributed by atoms with Gasteiger partial charge in [0.2, 0.25) is 0 Å². The predicted molar refractivity (Wildman–Crippen MR) is 86.2 cm³/mol. The molecule has 0 bridgehead atoms. The van der Waals surface area contributed by atoms with Gasteiger partial charge in [-0.1, -0.05) is 33.1 Å². The van der Waals surface area contributed by atoms with Crippen molar-refractivity contribution in [3.63, 3.8) is 0 Å². The summed E-state index contributed by atoms with van der Waals surface area (Å²) in [5.41, 5.74) is 0. The average Bonchev–Trinajstić information content (AvgIpc) is 2.53. The van der Waals surface area contributed by atoms with E-state index in [0.29, 0.717) is 18.6 Å². The molecule has 2 aliphatic heterocycles. The Labute approximate surface area is 130 Å². The number of hydrogen-bond donors (Lipinski definition) is 0. The smallest absolute Gasteiger partial charge is 0.308 e. The lowest BCUT2D eigenvalue weighted by molar-refractivity contribution is -0.152. The average molecular weight is 295 g/mol. The zero-order valence-corrected chi connectivity index (χ0v) is 14.0. The number of piperidine rings is 2. The van der Waals surface area contributed by atoms with Gasteiger partial charge < -0.3 is 4.74 Å². The molecule has 3 atom stereocenters. The van der Waals surface area contributed by atoms with Gasteiger partial charge in [-0.15, -0.1) is 0 Å². The van der Waals surface area contributed by atoms with E-state index >= 15 is 0 Å². The van der Waals surface area contributed by atoms with E-state index in [2.05, 4.69) is 18.7 Å². The highest BCUT2D eigenvalue weighted by atomic mass is 16.5. The van der Waals surface area contributed by atoms with E-state index in [1.165, 1.54) is 45.2 Å². The van der Waals surface area contributed by atoms with Gasteiger partial charge in [0.15, 0.2) is 0 Å². The zero-order valence-electron chi connectivity index (χ0n) is 14.0. The number of ether oxygens (including phenoxy) is 1. The molecular weight excluding hydrogens is 262 g/mol. The quantitative estimate of drug-likeness (QED) is 0.665. The Morgan fingerprint density at radius 1 is 1.19 bits per heavy atom. The SMILES string of the molecule is CCCCC(CC)C(=O)OCC1CCCN2CCCCC12. The monoisotopic (exact) mass is 295 g/mol. The predicted octanol–water partition coefficient (Wildman–Crippen LogP) is 4.01. The third-order valence-electron chi connectivity index (χ3n) is 5.40. The normalized spacial score (nSPS) is 27.9. The Bertz CT molecular complexity index is 316. The van der Waals surface area contributed by atoms with Crippen molar-refractivity contribution in [2.75, 3.05) is 19.7 Å². The molecule has 0 amide bonds. The first kappa shape index (κ1) is 16.8. The summed E-state index contributed by atoms with van der Waals surface area (Å²) in [5.74, 6) is 0.751. The molecule has 0 N–H and O–H groups in total. The number of carbonyl (C=O) groups is 1. The van der Waals surface area contributed by atoms with Crippen molar-refractivity contribution in [1.29, 1.82) is 0 Å². The Balaban J connectivity index is 1.79. The molecule has 3 unspecified atom stereocenters. The lowest BCUT2D eigenvalue weighted by Gasteiger charge is -2.44. The van der Waals surface area contributed by atoms with Crippen LogP contribution in [-0.2, 0) is 9.53 Å². The van der Waals surface area contributed by atoms with Gasteiger partial charge in [0.1, 0.15) is 0 Å². The van der Waals surface area contributed by atoms with E-state index in [-0.39, 0.29) is 11.9 Å². The van der Waals surface area contributed by atoms with Crippen LogP contribution in [0, 0.1) is 11.8 Å². The summed E-state index contributed by atoms with van der Waals surface area (Å²) in [6.07, 6.45) is 10.7. The van der Waals surface area contributed by atoms with Crippen molar-refractivity contribution >= 4 is 5.97 Å². The third-order valence-corrected chi connectivity index (χ3v) is 5.40. The molecule has 0 spiro atoms. The van der Waals surface area contributed by atoms with Crippen molar-refractivity contribution in [2.24, 2.45) is 11.8 Å². The van der Waals surface area contributed by atoms with Crippen molar-refractivity contribution in [2.45, 2.75) is 77.7 Å². The molecule has 2 fully saturated rings. The number of hydrogen-bond acceptors (Lipinski definition) is 3. The molecule has 0 aromatic carbocycles. The van der Waals surface area contributed by atoms with Crippen molar-refractivity contribution in [3.8, 4) is 0 Å². The molecule has 0 aromatic rings. The van der Waals surface area contributed by atoms with Gasteiger partial charge in [-0.25, -0.2) is 0 Å². The zero-order chi connectivity index (χ0) is 15.1. The number of esters is 1. The number of nitrogens with zero attached hydrogens (tertiary/aromatic N) is 1. The minimum Gasteiger partial charge on any atom is -0.465 e. The van der Waals surface area contributed by atoms with E-state index < -0.39 is 0 Å². The standard InChI is InChI=1S/C18H33NO2/c1-3-5-9-15(4-2)18(20)21-14-16-10-8-13-19-12-7-6-11-17(16)19/h15-17H,3-14H2,1-2H3. The van der Waals surface area contributed by atoms with Gasteiger partial charge in [0.25, 0.3) is 0 Å². The van der Waals surface area contributed by atoms with Gasteiger partial charge in [0, 0.05) is 12.0 Å². The molecule has 2 rings (SSSR count). The topological polar surface area (TPSA) is 29.5 Å². The van der Waals surface area contributed by atoms with Gasteiger partial charge >= 0.3 is 5.97 Å². The van der Waals surface area contributed by atoms with Crippen LogP contribution in [0.3, 0.4) is 0 Å². The molecule has 3 nitrogen and oxygen atoms in total. The maximum atomic E-state index is 12.2. The van der Waals surface area contributed by atoms with Crippen molar-refractivity contribution in [3.05, 3.63) is 0 Å². The molecule has 2 heterocycles. The summed E-state index contributed by atoms with van der Waals surface area (Å²) < 4.78 is 5.71. The lowest BCUT2D eigenvalue weighted by atomic mass is 9.84. The van der Waals surface area contributed by atoms with Crippen LogP contribution in [0.1, 0.15) is 71.6 Å². The molecule has 0 radical (unpaired) electrons. The highest BCUT2D eigenvalue weighted by molar-refractivity contribution is 5.72. The van der Waals surface area contributed by atoms with E-state index in [9.17, 15) is 4.79 Å². The van der Waals surface area contributed by atoms with Crippen LogP contribution in [-0.4, -0.2) is 36.6 Å². The second-order valence-electron chi connectivity index (χ2n) is 6.88. The number of fused-ring (bicyclic) bond motifs is 1. The minimum atomic E-state index is 0.0545. The van der Waals surface area contributed by atoms with Crippen LogP contribution in [0.5, 0.6) is 0 Å². The fourth-order valence-corrected chi connectivity index (χ4v) is 4.02. The molecule has 0 aliphatic carbocycles. The number of unbranched alkanes of at least 4 members (excludes halogenated alkanes) is 1. The van der Waals surface area contributed by atoms with Crippen LogP contribution < -0.4 is 0 Å². The van der Waals surface area contributed by atoms with Gasteiger partial charge in [-0.05, 0) is 51.6 Å². The van der Waals surface area contributed by atoms with Gasteiger partial charge in [-0.3, -0.25) is 9.69 Å². The second kappa shape index (κ2) is 8.77. The van der Waals surface area contributed by atoms with Crippen LogP contribution >= 0.6 is 0 Å². The summed E-state index contributed by atoms with van der Waals surface area (Å²) in [7, 11) is 0. The molecule has 2 aliphatic rings. The fraction of sp³-hybridized carbons (Fsp3) is 0.944. The lowest BCUT2D eigenvalue weighted by Crippen LogP contribution is -2.49. The second-order valence-corrected chi connectivity index (χ2v) is 6.88. The molecule has 0 saturated carbocycles. The molecule has 21 heavy (non-hydrogen) atoms. The Morgan fingerprint density at radius 2 is 2.00 bits per heavy atom. The summed E-state index contributed by atoms with van der Waals surface area (Å²) in [6, 6.07) is 0.677. The Kier molecular flexibility index (Phi) is 7.01. The summed E-state index contributed by atoms with van der Waals surface area (Å²) in [5, 5.41) is 0. The molecule has 0 aromatic heterocycles. The Morgan fingerprint density at radius 3 is 2.76 bits per heavy atom. The van der Waals surface area contributed by atoms with E-state index in [1.54, 1.807) is 0 Å². The van der Waals surface area contributed by atoms with Gasteiger partial charge in [0.05, 0.1) is 12.5 Å². The molecular formula is C18H33NO2.